The molecule has 0 bridgehead atoms. The Morgan fingerprint density at radius 2 is 2.27 bits per heavy atom. The van der Waals surface area contributed by atoms with E-state index in [1.54, 1.807) is 0 Å². The Bertz CT molecular complexity index is 327. The van der Waals surface area contributed by atoms with E-state index in [0.29, 0.717) is 5.92 Å². The third kappa shape index (κ3) is 2.42. The van der Waals surface area contributed by atoms with Crippen molar-refractivity contribution in [3.8, 4) is 0 Å². The average molecular weight is 272 g/mol. The van der Waals surface area contributed by atoms with Gasteiger partial charge in [-0.05, 0) is 35.7 Å². The fraction of sp³-hybridized carbons (Fsp3) is 0.727. The van der Waals surface area contributed by atoms with Crippen LogP contribution < -0.4 is 5.73 Å². The summed E-state index contributed by atoms with van der Waals surface area (Å²) >= 11 is 3.59. The lowest BCUT2D eigenvalue weighted by Crippen LogP contribution is -2.24. The maximum absolute atomic E-state index is 5.83. The van der Waals surface area contributed by atoms with Gasteiger partial charge in [0.05, 0.1) is 22.9 Å². The van der Waals surface area contributed by atoms with Gasteiger partial charge in [-0.1, -0.05) is 12.8 Å². The summed E-state index contributed by atoms with van der Waals surface area (Å²) in [4.78, 5) is 0. The first-order valence-corrected chi connectivity index (χ1v) is 6.44. The van der Waals surface area contributed by atoms with Gasteiger partial charge in [-0.25, -0.2) is 0 Å². The van der Waals surface area contributed by atoms with Crippen LogP contribution >= 0.6 is 15.9 Å². The Labute approximate surface area is 99.2 Å². The van der Waals surface area contributed by atoms with Crippen molar-refractivity contribution >= 4 is 15.9 Å². The van der Waals surface area contributed by atoms with Crippen molar-refractivity contribution < 1.29 is 0 Å². The highest BCUT2D eigenvalue weighted by molar-refractivity contribution is 9.10. The first kappa shape index (κ1) is 11.1. The molecule has 0 spiro atoms. The molecule has 0 amide bonds. The number of halogens is 1. The lowest BCUT2D eigenvalue weighted by Gasteiger charge is -2.15. The van der Waals surface area contributed by atoms with Crippen molar-refractivity contribution in [1.82, 2.24) is 9.78 Å². The molecule has 1 aromatic heterocycles. The molecule has 4 heteroatoms. The van der Waals surface area contributed by atoms with Gasteiger partial charge in [0.2, 0.25) is 0 Å². The van der Waals surface area contributed by atoms with E-state index in [2.05, 4.69) is 25.7 Å². The molecule has 1 unspecified atom stereocenters. The number of nitrogens with two attached hydrogens (primary N) is 1. The van der Waals surface area contributed by atoms with E-state index in [1.165, 1.54) is 31.4 Å². The molecule has 1 aliphatic rings. The van der Waals surface area contributed by atoms with Crippen LogP contribution in [0.5, 0.6) is 0 Å². The van der Waals surface area contributed by atoms with Crippen LogP contribution in [0.2, 0.25) is 0 Å². The van der Waals surface area contributed by atoms with Gasteiger partial charge < -0.3 is 5.73 Å². The summed E-state index contributed by atoms with van der Waals surface area (Å²) in [6, 6.07) is 0.164. The number of aromatic nitrogens is 2. The Hall–Kier alpha value is -0.350. The molecule has 1 aliphatic carbocycles. The summed E-state index contributed by atoms with van der Waals surface area (Å²) in [7, 11) is 0. The Morgan fingerprint density at radius 3 is 2.87 bits per heavy atom. The van der Waals surface area contributed by atoms with Crippen molar-refractivity contribution in [2.75, 3.05) is 0 Å². The highest BCUT2D eigenvalue weighted by Crippen LogP contribution is 2.37. The summed E-state index contributed by atoms with van der Waals surface area (Å²) in [5, 5.41) is 4.39. The van der Waals surface area contributed by atoms with E-state index in [1.807, 2.05) is 13.1 Å². The topological polar surface area (TPSA) is 43.8 Å². The predicted octanol–water partition coefficient (Wildman–Crippen LogP) is 2.65. The second-order valence-corrected chi connectivity index (χ2v) is 5.37. The molecule has 1 fully saturated rings. The number of hydrogen-bond acceptors (Lipinski definition) is 2. The Morgan fingerprint density at radius 1 is 1.60 bits per heavy atom. The molecule has 0 aliphatic heterocycles. The molecule has 2 N–H and O–H groups in total. The van der Waals surface area contributed by atoms with Crippen LogP contribution in [-0.4, -0.2) is 15.8 Å². The molecule has 1 atom stereocenters. The molecular weight excluding hydrogens is 254 g/mol. The van der Waals surface area contributed by atoms with E-state index >= 15 is 0 Å². The second kappa shape index (κ2) is 4.66. The summed E-state index contributed by atoms with van der Waals surface area (Å²) in [6.07, 6.45) is 7.18. The minimum absolute atomic E-state index is 0.164. The van der Waals surface area contributed by atoms with Crippen molar-refractivity contribution in [3.05, 3.63) is 16.4 Å². The van der Waals surface area contributed by atoms with E-state index in [-0.39, 0.29) is 6.04 Å². The van der Waals surface area contributed by atoms with Crippen LogP contribution in [0.4, 0.5) is 0 Å². The van der Waals surface area contributed by atoms with Crippen molar-refractivity contribution in [2.24, 2.45) is 5.73 Å². The third-order valence-corrected chi connectivity index (χ3v) is 3.65. The molecule has 1 saturated carbocycles. The zero-order valence-corrected chi connectivity index (χ0v) is 10.7. The number of nitrogens with zero attached hydrogens (tertiary/aromatic N) is 2. The van der Waals surface area contributed by atoms with Crippen LogP contribution in [0.3, 0.4) is 0 Å². The summed E-state index contributed by atoms with van der Waals surface area (Å²) in [5.74, 6) is 0.681. The van der Waals surface area contributed by atoms with Gasteiger partial charge in [-0.3, -0.25) is 4.68 Å². The maximum atomic E-state index is 5.83. The van der Waals surface area contributed by atoms with Crippen molar-refractivity contribution in [1.29, 1.82) is 0 Å². The standard InChI is InChI=1S/C11H18BrN3/c1-8(13)7-15-11(10(12)6-14-15)9-4-2-3-5-9/h6,8-9H,2-5,7,13H2,1H3. The summed E-state index contributed by atoms with van der Waals surface area (Å²) in [5.41, 5.74) is 7.18. The molecule has 84 valence electrons. The van der Waals surface area contributed by atoms with Gasteiger partial charge in [0, 0.05) is 12.0 Å². The molecule has 3 nitrogen and oxygen atoms in total. The van der Waals surface area contributed by atoms with E-state index in [4.69, 9.17) is 5.73 Å². The van der Waals surface area contributed by atoms with Gasteiger partial charge in [0.25, 0.3) is 0 Å². The fourth-order valence-corrected chi connectivity index (χ4v) is 3.02. The molecule has 15 heavy (non-hydrogen) atoms. The normalized spacial score (nSPS) is 19.7. The highest BCUT2D eigenvalue weighted by atomic mass is 79.9. The maximum Gasteiger partial charge on any atom is 0.0635 e. The lowest BCUT2D eigenvalue weighted by molar-refractivity contribution is 0.496. The Balaban J connectivity index is 2.22. The molecule has 0 aromatic carbocycles. The van der Waals surface area contributed by atoms with Crippen LogP contribution in [0.15, 0.2) is 10.7 Å². The van der Waals surface area contributed by atoms with E-state index < -0.39 is 0 Å². The molecule has 2 rings (SSSR count). The third-order valence-electron chi connectivity index (χ3n) is 3.04. The average Bonchev–Trinajstić information content (AvgIpc) is 2.74. The van der Waals surface area contributed by atoms with Gasteiger partial charge >= 0.3 is 0 Å². The molecular formula is C11H18BrN3. The second-order valence-electron chi connectivity index (χ2n) is 4.52. The smallest absolute Gasteiger partial charge is 0.0635 e. The fourth-order valence-electron chi connectivity index (χ4n) is 2.40. The van der Waals surface area contributed by atoms with Crippen LogP contribution in [0, 0.1) is 0 Å². The van der Waals surface area contributed by atoms with Crippen molar-refractivity contribution in [2.45, 2.75) is 51.1 Å². The number of rotatable bonds is 3. The first-order valence-electron chi connectivity index (χ1n) is 5.65. The largest absolute Gasteiger partial charge is 0.326 e. The van der Waals surface area contributed by atoms with E-state index in [9.17, 15) is 0 Å². The minimum Gasteiger partial charge on any atom is -0.326 e. The highest BCUT2D eigenvalue weighted by Gasteiger charge is 2.23. The van der Waals surface area contributed by atoms with E-state index in [0.717, 1.165) is 11.0 Å². The van der Waals surface area contributed by atoms with Crippen LogP contribution in [-0.2, 0) is 6.54 Å². The SMILES string of the molecule is CC(N)Cn1ncc(Br)c1C1CCCC1. The van der Waals surface area contributed by atoms with Crippen LogP contribution in [0.1, 0.15) is 44.2 Å². The first-order chi connectivity index (χ1) is 7.18. The number of hydrogen-bond donors (Lipinski definition) is 1. The predicted molar refractivity (Wildman–Crippen MR) is 64.8 cm³/mol. The Kier molecular flexibility index (Phi) is 3.46. The van der Waals surface area contributed by atoms with Gasteiger partial charge in [-0.15, -0.1) is 0 Å². The van der Waals surface area contributed by atoms with Gasteiger partial charge in [-0.2, -0.15) is 5.10 Å². The van der Waals surface area contributed by atoms with Gasteiger partial charge in [0.1, 0.15) is 0 Å². The summed E-state index contributed by atoms with van der Waals surface area (Å²) < 4.78 is 3.22. The monoisotopic (exact) mass is 271 g/mol. The quantitative estimate of drug-likeness (QED) is 0.919. The molecule has 1 heterocycles. The zero-order chi connectivity index (χ0) is 10.8. The lowest BCUT2D eigenvalue weighted by atomic mass is 10.0. The summed E-state index contributed by atoms with van der Waals surface area (Å²) in [6.45, 7) is 2.84. The molecule has 1 aromatic rings. The zero-order valence-electron chi connectivity index (χ0n) is 9.12. The molecule has 0 radical (unpaired) electrons. The van der Waals surface area contributed by atoms with Gasteiger partial charge in [0.15, 0.2) is 0 Å². The van der Waals surface area contributed by atoms with Crippen molar-refractivity contribution in [3.63, 3.8) is 0 Å². The van der Waals surface area contributed by atoms with Crippen LogP contribution in [0.25, 0.3) is 0 Å². The molecule has 0 saturated heterocycles. The minimum atomic E-state index is 0.164.